The van der Waals surface area contributed by atoms with Gasteiger partial charge >= 0.3 is 12.4 Å². The van der Waals surface area contributed by atoms with Crippen LogP contribution in [0.5, 0.6) is 11.5 Å². The van der Waals surface area contributed by atoms with E-state index in [0.717, 1.165) is 48.5 Å². The third kappa shape index (κ3) is 8.16. The molecule has 5 atom stereocenters. The van der Waals surface area contributed by atoms with Gasteiger partial charge in [-0.1, -0.05) is 63.8 Å². The van der Waals surface area contributed by atoms with Crippen molar-refractivity contribution >= 4 is 24.0 Å². The van der Waals surface area contributed by atoms with Crippen LogP contribution in [0.15, 0.2) is 67.0 Å². The molecular formula is C45H56F6N2O7SSi. The summed E-state index contributed by atoms with van der Waals surface area (Å²) in [7, 11) is -4.45. The van der Waals surface area contributed by atoms with E-state index in [-0.39, 0.29) is 35.4 Å². The Kier molecular flexibility index (Phi) is 12.5. The van der Waals surface area contributed by atoms with Crippen molar-refractivity contribution in [1.82, 2.24) is 9.29 Å². The van der Waals surface area contributed by atoms with Crippen LogP contribution >= 0.6 is 0 Å². The minimum Gasteiger partial charge on any atom is -0.493 e. The van der Waals surface area contributed by atoms with Crippen molar-refractivity contribution in [3.63, 3.8) is 0 Å². The van der Waals surface area contributed by atoms with Crippen LogP contribution in [0.3, 0.4) is 0 Å². The molecule has 1 saturated heterocycles. The summed E-state index contributed by atoms with van der Waals surface area (Å²) >= 11 is 0. The molecule has 340 valence electrons. The zero-order valence-corrected chi connectivity index (χ0v) is 37.8. The predicted octanol–water partition coefficient (Wildman–Crippen LogP) is 10.3. The standard InChI is InChI=1S/C45H56F6N2O7SSi/c1-41(2)33-17-20-42(41)27-61(55,56)53(37(42)26-33)40(54)39(30-18-21-52-22-19-30)38(31-13-16-35(57-3)36(25-31)60-34-9-7-8-10-34)29-11-14-32(15-12-29)43(44(46,47)48,45(49,50)51)59-28-58-23-24-62(4,5)6/h11-16,18-19,21-22,25,33-34,37-39H,7-10,17,20,23-24,26-28H2,1-6H3/t33?,37-,38+,39?,42-/m0/s1. The first-order valence-corrected chi connectivity index (χ1v) is 26.6. The highest BCUT2D eigenvalue weighted by atomic mass is 32.2. The van der Waals surface area contributed by atoms with E-state index in [9.17, 15) is 34.8 Å². The Bertz CT molecular complexity index is 2180. The number of halogens is 6. The summed E-state index contributed by atoms with van der Waals surface area (Å²) in [5.74, 6) is -2.56. The molecule has 2 heterocycles. The maximum absolute atomic E-state index is 15.5. The molecule has 1 aliphatic heterocycles. The van der Waals surface area contributed by atoms with Gasteiger partial charge in [0, 0.05) is 44.0 Å². The molecule has 2 bridgehead atoms. The van der Waals surface area contributed by atoms with Crippen LogP contribution < -0.4 is 9.47 Å². The van der Waals surface area contributed by atoms with Crippen LogP contribution in [0.1, 0.15) is 92.9 Å². The lowest BCUT2D eigenvalue weighted by Gasteiger charge is -2.38. The lowest BCUT2D eigenvalue weighted by Crippen LogP contribution is -2.56. The molecule has 0 radical (unpaired) electrons. The summed E-state index contributed by atoms with van der Waals surface area (Å²) in [6.07, 6.45) is -3.74. The Balaban J connectivity index is 1.37. The van der Waals surface area contributed by atoms with Gasteiger partial charge in [0.1, 0.15) is 6.79 Å². The van der Waals surface area contributed by atoms with Crippen LogP contribution in [-0.2, 0) is 29.9 Å². The topological polar surface area (TPSA) is 104 Å². The first kappa shape index (κ1) is 46.3. The van der Waals surface area contributed by atoms with Gasteiger partial charge in [0.25, 0.3) is 5.60 Å². The molecule has 3 saturated carbocycles. The molecule has 17 heteroatoms. The summed E-state index contributed by atoms with van der Waals surface area (Å²) in [4.78, 5) is 19.7. The Hall–Kier alpha value is -3.67. The molecule has 7 rings (SSSR count). The Morgan fingerprint density at radius 2 is 1.52 bits per heavy atom. The number of alkyl halides is 6. The average Bonchev–Trinajstić information content (AvgIpc) is 3.90. The number of nitrogens with zero attached hydrogens (tertiary/aromatic N) is 2. The first-order chi connectivity index (χ1) is 29.0. The number of hydrogen-bond acceptors (Lipinski definition) is 8. The smallest absolute Gasteiger partial charge is 0.430 e. The van der Waals surface area contributed by atoms with Crippen LogP contribution in [0, 0.1) is 16.7 Å². The maximum Gasteiger partial charge on any atom is 0.430 e. The number of hydrogen-bond donors (Lipinski definition) is 0. The van der Waals surface area contributed by atoms with Gasteiger partial charge in [0.15, 0.2) is 11.5 Å². The minimum absolute atomic E-state index is 0.0757. The van der Waals surface area contributed by atoms with E-state index in [4.69, 9.17) is 18.9 Å². The van der Waals surface area contributed by atoms with E-state index in [1.165, 1.54) is 19.5 Å². The summed E-state index contributed by atoms with van der Waals surface area (Å²) < 4.78 is 142. The molecule has 2 unspecified atom stereocenters. The lowest BCUT2D eigenvalue weighted by molar-refractivity contribution is -0.401. The van der Waals surface area contributed by atoms with Crippen molar-refractivity contribution in [1.29, 1.82) is 0 Å². The zero-order valence-electron chi connectivity index (χ0n) is 35.9. The molecule has 0 N–H and O–H groups in total. The number of sulfonamides is 1. The highest BCUT2D eigenvalue weighted by Crippen LogP contribution is 2.70. The number of carbonyl (C=O) groups is 1. The third-order valence-corrected chi connectivity index (χ3v) is 17.9. The van der Waals surface area contributed by atoms with Gasteiger partial charge in [-0.3, -0.25) is 9.78 Å². The quantitative estimate of drug-likeness (QED) is 0.0643. The van der Waals surface area contributed by atoms with Gasteiger partial charge in [-0.05, 0) is 103 Å². The molecule has 3 aromatic rings. The fourth-order valence-electron chi connectivity index (χ4n) is 10.7. The third-order valence-electron chi connectivity index (χ3n) is 14.3. The fourth-order valence-corrected chi connectivity index (χ4v) is 14.1. The average molecular weight is 911 g/mol. The molecule has 3 aliphatic carbocycles. The summed E-state index contributed by atoms with van der Waals surface area (Å²) in [5, 5.41) is 0. The Morgan fingerprint density at radius 1 is 0.887 bits per heavy atom. The van der Waals surface area contributed by atoms with E-state index < -0.39 is 77.6 Å². The molecular weight excluding hydrogens is 855 g/mol. The predicted molar refractivity (Wildman–Crippen MR) is 223 cm³/mol. The molecule has 9 nitrogen and oxygen atoms in total. The summed E-state index contributed by atoms with van der Waals surface area (Å²) in [6, 6.07) is 11.6. The molecule has 4 aliphatic rings. The summed E-state index contributed by atoms with van der Waals surface area (Å²) in [6.45, 7) is 8.75. The van der Waals surface area contributed by atoms with Crippen LogP contribution in [-0.4, -0.2) is 82.4 Å². The van der Waals surface area contributed by atoms with Crippen LogP contribution in [0.4, 0.5) is 26.3 Å². The fraction of sp³-hybridized carbons (Fsp3) is 0.600. The molecule has 4 fully saturated rings. The number of amides is 1. The Labute approximate surface area is 360 Å². The molecule has 1 aromatic heterocycles. The van der Waals surface area contributed by atoms with E-state index >= 15 is 4.79 Å². The highest BCUT2D eigenvalue weighted by Gasteiger charge is 2.74. The number of fused-ring (bicyclic) bond motifs is 1. The second-order valence-electron chi connectivity index (χ2n) is 19.2. The van der Waals surface area contributed by atoms with Gasteiger partial charge in [0.2, 0.25) is 15.9 Å². The van der Waals surface area contributed by atoms with Crippen molar-refractivity contribution in [2.75, 3.05) is 26.3 Å². The van der Waals surface area contributed by atoms with Crippen molar-refractivity contribution < 1.29 is 58.5 Å². The number of aromatic nitrogens is 1. The molecule has 1 amide bonds. The van der Waals surface area contributed by atoms with Gasteiger partial charge in [-0.2, -0.15) is 26.3 Å². The number of methoxy groups -OCH3 is 1. The largest absolute Gasteiger partial charge is 0.493 e. The monoisotopic (exact) mass is 910 g/mol. The van der Waals surface area contributed by atoms with E-state index in [0.29, 0.717) is 53.6 Å². The minimum atomic E-state index is -5.97. The zero-order chi connectivity index (χ0) is 45.1. The van der Waals surface area contributed by atoms with Crippen LogP contribution in [0.2, 0.25) is 25.7 Å². The molecule has 2 aromatic carbocycles. The second kappa shape index (κ2) is 16.7. The maximum atomic E-state index is 15.5. The lowest BCUT2D eigenvalue weighted by atomic mass is 9.69. The van der Waals surface area contributed by atoms with Gasteiger partial charge in [-0.25, -0.2) is 12.7 Å². The van der Waals surface area contributed by atoms with Crippen LogP contribution in [0.25, 0.3) is 0 Å². The van der Waals surface area contributed by atoms with E-state index in [1.54, 1.807) is 30.3 Å². The SMILES string of the molecule is COc1ccc([C@@H](c2ccc(C(OCOCC[Si](C)(C)C)(C(F)(F)F)C(F)(F)F)cc2)C(C(=O)N2[C@H]3CC4CC[C@@]3(CS2(=O)=O)C4(C)C)c2ccncc2)cc1OC1CCCC1. The van der Waals surface area contributed by atoms with Crippen molar-refractivity contribution in [3.8, 4) is 11.5 Å². The highest BCUT2D eigenvalue weighted by molar-refractivity contribution is 7.90. The van der Waals surface area contributed by atoms with Crippen molar-refractivity contribution in [2.45, 2.75) is 126 Å². The number of benzene rings is 2. The number of rotatable bonds is 15. The van der Waals surface area contributed by atoms with Gasteiger partial charge in [0.05, 0.1) is 30.9 Å². The first-order valence-electron chi connectivity index (χ1n) is 21.2. The summed E-state index contributed by atoms with van der Waals surface area (Å²) in [5.41, 5.74) is -6.15. The molecule has 1 spiro atoms. The Morgan fingerprint density at radius 3 is 2.10 bits per heavy atom. The molecule has 62 heavy (non-hydrogen) atoms. The normalized spacial score (nSPS) is 24.5. The van der Waals surface area contributed by atoms with E-state index in [1.807, 2.05) is 19.6 Å². The van der Waals surface area contributed by atoms with E-state index in [2.05, 4.69) is 18.8 Å². The number of pyridine rings is 1. The van der Waals surface area contributed by atoms with Crippen molar-refractivity contribution in [3.05, 3.63) is 89.2 Å². The van der Waals surface area contributed by atoms with Crippen molar-refractivity contribution in [2.24, 2.45) is 16.7 Å². The second-order valence-corrected chi connectivity index (χ2v) is 26.7. The van der Waals surface area contributed by atoms with Gasteiger partial charge in [-0.15, -0.1) is 0 Å². The number of carbonyl (C=O) groups excluding carboxylic acids is 1. The number of ether oxygens (including phenoxy) is 4. The van der Waals surface area contributed by atoms with Gasteiger partial charge < -0.3 is 18.9 Å².